The quantitative estimate of drug-likeness (QED) is 0.613. The second-order valence-electron chi connectivity index (χ2n) is 3.38. The van der Waals surface area contributed by atoms with Gasteiger partial charge >= 0.3 is 0 Å². The Balaban J connectivity index is 2.15. The summed E-state index contributed by atoms with van der Waals surface area (Å²) in [6.45, 7) is 6.67. The minimum absolute atomic E-state index is 0.912. The average molecular weight is 178 g/mol. The van der Waals surface area contributed by atoms with Crippen LogP contribution in [0, 0.1) is 0 Å². The first-order valence-electron chi connectivity index (χ1n) is 4.52. The summed E-state index contributed by atoms with van der Waals surface area (Å²) in [4.78, 5) is 2.32. The van der Waals surface area contributed by atoms with Crippen LogP contribution in [0.4, 0.5) is 0 Å². The highest BCUT2D eigenvalue weighted by Gasteiger charge is 2.19. The number of nitrogens with zero attached hydrogens (tertiary/aromatic N) is 4. The Labute approximate surface area is 77.8 Å². The fraction of sp³-hybridized carbons (Fsp3) is 0.556. The Morgan fingerprint density at radius 1 is 1.62 bits per heavy atom. The predicted molar refractivity (Wildman–Crippen MR) is 50.2 cm³/mol. The van der Waals surface area contributed by atoms with Gasteiger partial charge in [-0.1, -0.05) is 11.3 Å². The van der Waals surface area contributed by atoms with Crippen LogP contribution in [0.3, 0.4) is 0 Å². The minimum Gasteiger partial charge on any atom is -0.293 e. The van der Waals surface area contributed by atoms with E-state index in [0.717, 1.165) is 31.7 Å². The van der Waals surface area contributed by atoms with Crippen LogP contribution in [0.2, 0.25) is 0 Å². The smallest absolute Gasteiger partial charge is 0.0999 e. The van der Waals surface area contributed by atoms with E-state index < -0.39 is 0 Å². The molecule has 0 saturated carbocycles. The third kappa shape index (κ3) is 1.49. The monoisotopic (exact) mass is 178 g/mol. The van der Waals surface area contributed by atoms with Gasteiger partial charge in [0.2, 0.25) is 0 Å². The summed E-state index contributed by atoms with van der Waals surface area (Å²) in [5, 5.41) is 8.13. The SMILES string of the molecule is C=CCN1CCc2c(nnn2C)C1. The number of aryl methyl sites for hydroxylation is 1. The van der Waals surface area contributed by atoms with Gasteiger partial charge in [0.15, 0.2) is 0 Å². The number of hydrogen-bond donors (Lipinski definition) is 0. The standard InChI is InChI=1S/C9H14N4/c1-3-5-13-6-4-9-8(7-13)10-11-12(9)2/h3H,1,4-7H2,2H3. The molecule has 4 heteroatoms. The van der Waals surface area contributed by atoms with E-state index in [-0.39, 0.29) is 0 Å². The van der Waals surface area contributed by atoms with Crippen molar-refractivity contribution in [3.8, 4) is 0 Å². The van der Waals surface area contributed by atoms with E-state index in [1.807, 2.05) is 17.8 Å². The third-order valence-corrected chi connectivity index (χ3v) is 2.45. The molecule has 1 aliphatic heterocycles. The molecule has 0 amide bonds. The third-order valence-electron chi connectivity index (χ3n) is 2.45. The zero-order chi connectivity index (χ0) is 9.26. The van der Waals surface area contributed by atoms with E-state index in [1.54, 1.807) is 0 Å². The van der Waals surface area contributed by atoms with Crippen molar-refractivity contribution in [2.75, 3.05) is 13.1 Å². The van der Waals surface area contributed by atoms with Crippen LogP contribution in [0.5, 0.6) is 0 Å². The van der Waals surface area contributed by atoms with E-state index in [1.165, 1.54) is 5.69 Å². The molecule has 4 nitrogen and oxygen atoms in total. The summed E-state index contributed by atoms with van der Waals surface area (Å²) in [6.07, 6.45) is 2.98. The maximum atomic E-state index is 4.13. The van der Waals surface area contributed by atoms with Crippen LogP contribution >= 0.6 is 0 Å². The molecule has 0 radical (unpaired) electrons. The van der Waals surface area contributed by atoms with Crippen LogP contribution < -0.4 is 0 Å². The fourth-order valence-corrected chi connectivity index (χ4v) is 1.74. The first kappa shape index (κ1) is 8.44. The zero-order valence-corrected chi connectivity index (χ0v) is 7.90. The highest BCUT2D eigenvalue weighted by atomic mass is 15.4. The van der Waals surface area contributed by atoms with Crippen LogP contribution in [0.25, 0.3) is 0 Å². The molecule has 13 heavy (non-hydrogen) atoms. The maximum Gasteiger partial charge on any atom is 0.0999 e. The fourth-order valence-electron chi connectivity index (χ4n) is 1.74. The van der Waals surface area contributed by atoms with Crippen molar-refractivity contribution in [3.63, 3.8) is 0 Å². The van der Waals surface area contributed by atoms with Crippen LogP contribution in [0.1, 0.15) is 11.4 Å². The van der Waals surface area contributed by atoms with Crippen LogP contribution in [-0.4, -0.2) is 33.0 Å². The minimum atomic E-state index is 0.912. The Hall–Kier alpha value is -1.16. The molecule has 0 fully saturated rings. The second kappa shape index (κ2) is 3.30. The average Bonchev–Trinajstić information content (AvgIpc) is 2.48. The van der Waals surface area contributed by atoms with Crippen molar-refractivity contribution in [3.05, 3.63) is 24.0 Å². The van der Waals surface area contributed by atoms with E-state index >= 15 is 0 Å². The number of rotatable bonds is 2. The molecule has 0 N–H and O–H groups in total. The van der Waals surface area contributed by atoms with Crippen molar-refractivity contribution in [1.82, 2.24) is 19.9 Å². The maximum absolute atomic E-state index is 4.13. The highest BCUT2D eigenvalue weighted by molar-refractivity contribution is 5.13. The molecular weight excluding hydrogens is 164 g/mol. The van der Waals surface area contributed by atoms with Gasteiger partial charge in [0, 0.05) is 33.1 Å². The topological polar surface area (TPSA) is 34.0 Å². The summed E-state index contributed by atoms with van der Waals surface area (Å²) in [5.74, 6) is 0. The molecule has 0 atom stereocenters. The van der Waals surface area contributed by atoms with Crippen molar-refractivity contribution in [2.45, 2.75) is 13.0 Å². The van der Waals surface area contributed by atoms with Gasteiger partial charge in [-0.25, -0.2) is 0 Å². The molecule has 2 rings (SSSR count). The Morgan fingerprint density at radius 2 is 2.46 bits per heavy atom. The van der Waals surface area contributed by atoms with Gasteiger partial charge in [0.05, 0.1) is 11.4 Å². The number of fused-ring (bicyclic) bond motifs is 1. The molecule has 0 bridgehead atoms. The summed E-state index contributed by atoms with van der Waals surface area (Å²) in [7, 11) is 1.95. The molecule has 0 unspecified atom stereocenters. The lowest BCUT2D eigenvalue weighted by atomic mass is 10.1. The Kier molecular flexibility index (Phi) is 2.14. The van der Waals surface area contributed by atoms with E-state index in [9.17, 15) is 0 Å². The van der Waals surface area contributed by atoms with Gasteiger partial charge in [0.25, 0.3) is 0 Å². The molecule has 0 saturated heterocycles. The Bertz CT molecular complexity index is 315. The van der Waals surface area contributed by atoms with Gasteiger partial charge in [-0.15, -0.1) is 11.7 Å². The predicted octanol–water partition coefficient (Wildman–Crippen LogP) is 0.359. The van der Waals surface area contributed by atoms with Crippen molar-refractivity contribution >= 4 is 0 Å². The summed E-state index contributed by atoms with van der Waals surface area (Å²) < 4.78 is 1.88. The van der Waals surface area contributed by atoms with Gasteiger partial charge in [-0.05, 0) is 0 Å². The first-order chi connectivity index (χ1) is 6.31. The van der Waals surface area contributed by atoms with Gasteiger partial charge in [-0.2, -0.15) is 0 Å². The molecule has 1 aromatic rings. The zero-order valence-electron chi connectivity index (χ0n) is 7.90. The van der Waals surface area contributed by atoms with E-state index in [2.05, 4.69) is 21.8 Å². The molecule has 0 spiro atoms. The van der Waals surface area contributed by atoms with Crippen molar-refractivity contribution in [2.24, 2.45) is 7.05 Å². The molecule has 1 aliphatic rings. The lowest BCUT2D eigenvalue weighted by Crippen LogP contribution is -2.31. The largest absolute Gasteiger partial charge is 0.293 e. The van der Waals surface area contributed by atoms with E-state index in [0.29, 0.717) is 0 Å². The summed E-state index contributed by atoms with van der Waals surface area (Å²) in [6, 6.07) is 0. The first-order valence-corrected chi connectivity index (χ1v) is 4.52. The lowest BCUT2D eigenvalue weighted by molar-refractivity contribution is 0.275. The molecule has 0 aromatic carbocycles. The van der Waals surface area contributed by atoms with Crippen LogP contribution in [-0.2, 0) is 20.0 Å². The molecule has 70 valence electrons. The molecule has 0 aliphatic carbocycles. The van der Waals surface area contributed by atoms with Crippen LogP contribution in [0.15, 0.2) is 12.7 Å². The van der Waals surface area contributed by atoms with Gasteiger partial charge < -0.3 is 0 Å². The van der Waals surface area contributed by atoms with E-state index in [4.69, 9.17) is 0 Å². The number of aromatic nitrogens is 3. The summed E-state index contributed by atoms with van der Waals surface area (Å²) in [5.41, 5.74) is 2.40. The molecule has 2 heterocycles. The second-order valence-corrected chi connectivity index (χ2v) is 3.38. The summed E-state index contributed by atoms with van der Waals surface area (Å²) >= 11 is 0. The van der Waals surface area contributed by atoms with Crippen molar-refractivity contribution < 1.29 is 0 Å². The molecule has 1 aromatic heterocycles. The highest BCUT2D eigenvalue weighted by Crippen LogP contribution is 2.14. The van der Waals surface area contributed by atoms with Gasteiger partial charge in [-0.3, -0.25) is 9.58 Å². The normalized spacial score (nSPS) is 17.0. The van der Waals surface area contributed by atoms with Gasteiger partial charge in [0.1, 0.15) is 0 Å². The Morgan fingerprint density at radius 3 is 3.23 bits per heavy atom. The molecular formula is C9H14N4. The van der Waals surface area contributed by atoms with Crippen molar-refractivity contribution in [1.29, 1.82) is 0 Å². The lowest BCUT2D eigenvalue weighted by Gasteiger charge is -2.24. The number of hydrogen-bond acceptors (Lipinski definition) is 3.